The number of thiocarbonyl (C=S) groups is 1. The third-order valence-electron chi connectivity index (χ3n) is 2.62. The van der Waals surface area contributed by atoms with Crippen LogP contribution in [-0.2, 0) is 14.8 Å². The Morgan fingerprint density at radius 1 is 1.43 bits per heavy atom. The Balaban J connectivity index is 2.66. The Kier molecular flexibility index (Phi) is 7.16. The SMILES string of the molecule is CCCOCCCNS(=O)(=O)c1ccc(F)c(C(N)=S)c1. The third-order valence-corrected chi connectivity index (χ3v) is 4.30. The fraction of sp³-hybridized carbons (Fsp3) is 0.462. The third kappa shape index (κ3) is 5.66. The lowest BCUT2D eigenvalue weighted by molar-refractivity contribution is 0.133. The number of ether oxygens (including phenoxy) is 1. The number of nitrogens with one attached hydrogen (secondary N) is 1. The molecule has 0 aromatic heterocycles. The summed E-state index contributed by atoms with van der Waals surface area (Å²) in [5.74, 6) is -0.644. The molecule has 0 aliphatic carbocycles. The fourth-order valence-electron chi connectivity index (χ4n) is 1.57. The molecule has 0 atom stereocenters. The van der Waals surface area contributed by atoms with Gasteiger partial charge in [-0.2, -0.15) is 0 Å². The van der Waals surface area contributed by atoms with E-state index in [2.05, 4.69) is 16.9 Å². The fourth-order valence-corrected chi connectivity index (χ4v) is 2.83. The Morgan fingerprint density at radius 3 is 2.76 bits per heavy atom. The van der Waals surface area contributed by atoms with Crippen molar-refractivity contribution in [3.8, 4) is 0 Å². The molecule has 0 heterocycles. The van der Waals surface area contributed by atoms with Crippen molar-refractivity contribution < 1.29 is 17.5 Å². The minimum absolute atomic E-state index is 0.0684. The van der Waals surface area contributed by atoms with Crippen molar-refractivity contribution in [2.24, 2.45) is 5.73 Å². The summed E-state index contributed by atoms with van der Waals surface area (Å²) >= 11 is 4.68. The summed E-state index contributed by atoms with van der Waals surface area (Å²) in [6, 6.07) is 3.34. The van der Waals surface area contributed by atoms with E-state index in [-0.39, 0.29) is 22.0 Å². The van der Waals surface area contributed by atoms with E-state index in [1.165, 1.54) is 6.07 Å². The maximum Gasteiger partial charge on any atom is 0.240 e. The lowest BCUT2D eigenvalue weighted by Gasteiger charge is -2.09. The molecule has 0 aliphatic rings. The van der Waals surface area contributed by atoms with Crippen LogP contribution < -0.4 is 10.5 Å². The molecule has 0 radical (unpaired) electrons. The molecule has 0 aliphatic heterocycles. The van der Waals surface area contributed by atoms with Gasteiger partial charge in [-0.3, -0.25) is 0 Å². The topological polar surface area (TPSA) is 81.4 Å². The molecule has 0 bridgehead atoms. The molecule has 5 nitrogen and oxygen atoms in total. The summed E-state index contributed by atoms with van der Waals surface area (Å²) in [4.78, 5) is -0.251. The molecule has 1 aromatic rings. The Morgan fingerprint density at radius 2 is 2.14 bits per heavy atom. The number of halogens is 1. The van der Waals surface area contributed by atoms with E-state index in [1.54, 1.807) is 0 Å². The van der Waals surface area contributed by atoms with Crippen molar-refractivity contribution >= 4 is 27.2 Å². The standard InChI is InChI=1S/C13H19FN2O3S2/c1-2-7-19-8-3-6-16-21(17,18)10-4-5-12(14)11(9-10)13(15)20/h4-5,9,16H,2-3,6-8H2,1H3,(H2,15,20). The molecule has 118 valence electrons. The van der Waals surface area contributed by atoms with E-state index in [0.717, 1.165) is 18.6 Å². The second-order valence-corrected chi connectivity index (χ2v) is 6.58. The number of hydrogen-bond acceptors (Lipinski definition) is 4. The van der Waals surface area contributed by atoms with Crippen molar-refractivity contribution in [3.63, 3.8) is 0 Å². The van der Waals surface area contributed by atoms with Crippen LogP contribution in [0.3, 0.4) is 0 Å². The smallest absolute Gasteiger partial charge is 0.240 e. The van der Waals surface area contributed by atoms with Crippen molar-refractivity contribution in [2.45, 2.75) is 24.7 Å². The molecule has 0 spiro atoms. The van der Waals surface area contributed by atoms with Crippen LogP contribution >= 0.6 is 12.2 Å². The van der Waals surface area contributed by atoms with Gasteiger partial charge in [0.1, 0.15) is 10.8 Å². The number of benzene rings is 1. The Bertz CT molecular complexity index is 591. The average molecular weight is 334 g/mol. The highest BCUT2D eigenvalue weighted by molar-refractivity contribution is 7.89. The molecule has 0 saturated carbocycles. The molecule has 0 fully saturated rings. The molecular weight excluding hydrogens is 315 g/mol. The van der Waals surface area contributed by atoms with Crippen molar-refractivity contribution in [1.29, 1.82) is 0 Å². The Hall–Kier alpha value is -1.09. The van der Waals surface area contributed by atoms with Crippen LogP contribution in [0.2, 0.25) is 0 Å². The van der Waals surface area contributed by atoms with E-state index in [1.807, 2.05) is 6.92 Å². The first-order valence-corrected chi connectivity index (χ1v) is 8.44. The van der Waals surface area contributed by atoms with Crippen molar-refractivity contribution in [2.75, 3.05) is 19.8 Å². The summed E-state index contributed by atoms with van der Waals surface area (Å²) in [7, 11) is -3.71. The lowest BCUT2D eigenvalue weighted by Crippen LogP contribution is -2.26. The molecule has 8 heteroatoms. The van der Waals surface area contributed by atoms with Crippen molar-refractivity contribution in [3.05, 3.63) is 29.6 Å². The summed E-state index contributed by atoms with van der Waals surface area (Å²) in [6.45, 7) is 3.38. The zero-order valence-corrected chi connectivity index (χ0v) is 13.4. The Labute approximate surface area is 129 Å². The highest BCUT2D eigenvalue weighted by Crippen LogP contribution is 2.15. The molecule has 0 amide bonds. The molecule has 1 rings (SSSR count). The van der Waals surface area contributed by atoms with E-state index in [4.69, 9.17) is 10.5 Å². The normalized spacial score (nSPS) is 11.5. The minimum Gasteiger partial charge on any atom is -0.389 e. The maximum absolute atomic E-state index is 13.4. The van der Waals surface area contributed by atoms with Crippen molar-refractivity contribution in [1.82, 2.24) is 4.72 Å². The van der Waals surface area contributed by atoms with E-state index in [9.17, 15) is 12.8 Å². The first-order valence-electron chi connectivity index (χ1n) is 6.55. The van der Waals surface area contributed by atoms with Gasteiger partial charge in [-0.1, -0.05) is 19.1 Å². The van der Waals surface area contributed by atoms with Gasteiger partial charge >= 0.3 is 0 Å². The van der Waals surface area contributed by atoms with Crippen LogP contribution in [0.4, 0.5) is 4.39 Å². The van der Waals surface area contributed by atoms with Crippen LogP contribution in [0.1, 0.15) is 25.3 Å². The predicted molar refractivity (Wildman–Crippen MR) is 83.2 cm³/mol. The van der Waals surface area contributed by atoms with Crippen LogP contribution in [0.25, 0.3) is 0 Å². The van der Waals surface area contributed by atoms with Crippen LogP contribution in [0.15, 0.2) is 23.1 Å². The molecule has 0 saturated heterocycles. The second kappa shape index (κ2) is 8.38. The van der Waals surface area contributed by atoms with E-state index >= 15 is 0 Å². The van der Waals surface area contributed by atoms with Gasteiger partial charge in [0, 0.05) is 25.3 Å². The molecule has 3 N–H and O–H groups in total. The average Bonchev–Trinajstić information content (AvgIpc) is 2.42. The quantitative estimate of drug-likeness (QED) is 0.529. The van der Waals surface area contributed by atoms with E-state index in [0.29, 0.717) is 19.6 Å². The number of nitrogens with two attached hydrogens (primary N) is 1. The van der Waals surface area contributed by atoms with Crippen LogP contribution in [-0.4, -0.2) is 33.2 Å². The summed E-state index contributed by atoms with van der Waals surface area (Å²) in [5.41, 5.74) is 5.27. The monoisotopic (exact) mass is 334 g/mol. The maximum atomic E-state index is 13.4. The zero-order valence-electron chi connectivity index (χ0n) is 11.8. The van der Waals surface area contributed by atoms with Gasteiger partial charge in [0.15, 0.2) is 0 Å². The van der Waals surface area contributed by atoms with Gasteiger partial charge < -0.3 is 10.5 Å². The first kappa shape index (κ1) is 18.0. The largest absolute Gasteiger partial charge is 0.389 e. The lowest BCUT2D eigenvalue weighted by atomic mass is 10.2. The van der Waals surface area contributed by atoms with Gasteiger partial charge in [0.25, 0.3) is 0 Å². The highest BCUT2D eigenvalue weighted by Gasteiger charge is 2.16. The van der Waals surface area contributed by atoms with Gasteiger partial charge in [0.2, 0.25) is 10.0 Å². The second-order valence-electron chi connectivity index (χ2n) is 4.37. The number of sulfonamides is 1. The van der Waals surface area contributed by atoms with E-state index < -0.39 is 15.8 Å². The zero-order chi connectivity index (χ0) is 15.9. The summed E-state index contributed by atoms with van der Waals surface area (Å²) in [5, 5.41) is 0. The van der Waals surface area contributed by atoms with Gasteiger partial charge in [-0.15, -0.1) is 0 Å². The number of hydrogen-bond donors (Lipinski definition) is 2. The summed E-state index contributed by atoms with van der Waals surface area (Å²) in [6.07, 6.45) is 1.48. The highest BCUT2D eigenvalue weighted by atomic mass is 32.2. The molecule has 21 heavy (non-hydrogen) atoms. The minimum atomic E-state index is -3.71. The van der Waals surface area contributed by atoms with Gasteiger partial charge in [0.05, 0.1) is 4.90 Å². The number of rotatable bonds is 9. The molecular formula is C13H19FN2O3S2. The molecule has 0 unspecified atom stereocenters. The predicted octanol–water partition coefficient (Wildman–Crippen LogP) is 1.55. The van der Waals surface area contributed by atoms with Crippen LogP contribution in [0, 0.1) is 5.82 Å². The molecule has 1 aromatic carbocycles. The van der Waals surface area contributed by atoms with Crippen LogP contribution in [0.5, 0.6) is 0 Å². The van der Waals surface area contributed by atoms with Gasteiger partial charge in [-0.05, 0) is 31.0 Å². The first-order chi connectivity index (χ1) is 9.88. The summed E-state index contributed by atoms with van der Waals surface area (Å²) < 4.78 is 45.2. The van der Waals surface area contributed by atoms with Gasteiger partial charge in [-0.25, -0.2) is 17.5 Å².